The first-order valence-electron chi connectivity index (χ1n) is 18.3. The number of nitrogens with one attached hydrogen (secondary N) is 3. The average molecular weight is 735 g/mol. The van der Waals surface area contributed by atoms with Crippen LogP contribution >= 0.6 is 0 Å². The molecule has 5 atom stereocenters. The van der Waals surface area contributed by atoms with E-state index in [1.54, 1.807) is 23.6 Å². The van der Waals surface area contributed by atoms with E-state index in [4.69, 9.17) is 4.74 Å². The standard InChI is InChI=1S/C38H47FN6O6S/c1-24(2)45-32-28(39)16-12-18-29(32)41-36(45)51-27-21-31-33(46)42-38(35(48)43-52(49,50)37(3)19-20-37)22-25(38)13-8-5-4-6-11-17-30(34(47)44(31)23-27)40-26-14-9-7-10-15-26/h7-10,12-16,18,24-25,27,30-31,40H,4-6,11,17,19-23H2,1-3H3,(H,42,46)(H,43,48)/b13-8-/t25-,27-,30+,31+,38-/m1/s1. The lowest BCUT2D eigenvalue weighted by molar-refractivity contribution is -0.140. The summed E-state index contributed by atoms with van der Waals surface area (Å²) in [5, 5.41) is 6.31. The number of fused-ring (bicyclic) bond motifs is 3. The highest BCUT2D eigenvalue weighted by molar-refractivity contribution is 7.91. The SMILES string of the molecule is CC(C)n1c(O[C@@H]2C[C@H]3C(=O)N[C@]4(C(=O)NS(=O)(=O)C5(C)CC5)C[C@H]4/C=C\CCCCC[C@H](Nc4ccccc4)C(=O)N3C2)nc2cccc(F)c21. The van der Waals surface area contributed by atoms with Gasteiger partial charge in [-0.2, -0.15) is 4.98 Å². The van der Waals surface area contributed by atoms with Gasteiger partial charge in [0.1, 0.15) is 35.1 Å². The fourth-order valence-corrected chi connectivity index (χ4v) is 8.79. The molecule has 12 nitrogen and oxygen atoms in total. The summed E-state index contributed by atoms with van der Waals surface area (Å²) in [6.07, 6.45) is 8.19. The molecule has 2 aliphatic carbocycles. The predicted octanol–water partition coefficient (Wildman–Crippen LogP) is 4.98. The van der Waals surface area contributed by atoms with Crippen molar-refractivity contribution in [2.75, 3.05) is 11.9 Å². The van der Waals surface area contributed by atoms with Gasteiger partial charge in [0.15, 0.2) is 0 Å². The number of hydrogen-bond donors (Lipinski definition) is 3. The number of rotatable bonds is 8. The lowest BCUT2D eigenvalue weighted by atomic mass is 10.0. The van der Waals surface area contributed by atoms with E-state index >= 15 is 4.39 Å². The van der Waals surface area contributed by atoms with Crippen LogP contribution in [0.2, 0.25) is 0 Å². The van der Waals surface area contributed by atoms with Crippen LogP contribution in [0.4, 0.5) is 10.1 Å². The van der Waals surface area contributed by atoms with Gasteiger partial charge in [-0.05, 0) is 83.6 Å². The molecule has 278 valence electrons. The van der Waals surface area contributed by atoms with Crippen LogP contribution in [-0.4, -0.2) is 75.6 Å². The number of aromatic nitrogens is 2. The van der Waals surface area contributed by atoms with Crippen molar-refractivity contribution in [3.63, 3.8) is 0 Å². The molecule has 2 aromatic carbocycles. The van der Waals surface area contributed by atoms with Gasteiger partial charge >= 0.3 is 0 Å². The van der Waals surface area contributed by atoms with Crippen LogP contribution in [0, 0.1) is 11.7 Å². The summed E-state index contributed by atoms with van der Waals surface area (Å²) in [6.45, 7) is 5.43. The molecule has 3 amide bonds. The van der Waals surface area contributed by atoms with Gasteiger partial charge in [-0.15, -0.1) is 0 Å². The molecule has 14 heteroatoms. The summed E-state index contributed by atoms with van der Waals surface area (Å²) < 4.78 is 50.7. The number of amides is 3. The molecular formula is C38H47FN6O6S. The molecule has 0 spiro atoms. The van der Waals surface area contributed by atoms with Crippen LogP contribution in [0.5, 0.6) is 6.01 Å². The summed E-state index contributed by atoms with van der Waals surface area (Å²) >= 11 is 0. The number of ether oxygens (including phenoxy) is 1. The molecule has 52 heavy (non-hydrogen) atoms. The second-order valence-electron chi connectivity index (χ2n) is 15.2. The highest BCUT2D eigenvalue weighted by Crippen LogP contribution is 2.47. The van der Waals surface area contributed by atoms with Gasteiger partial charge < -0.3 is 20.3 Å². The molecule has 7 rings (SSSR count). The Morgan fingerprint density at radius 2 is 1.85 bits per heavy atom. The molecule has 2 aliphatic heterocycles. The Balaban J connectivity index is 1.21. The second kappa shape index (κ2) is 13.8. The molecule has 3 aromatic rings. The first-order valence-corrected chi connectivity index (χ1v) is 19.8. The Morgan fingerprint density at radius 1 is 1.08 bits per heavy atom. The molecule has 3 heterocycles. The fourth-order valence-electron chi connectivity index (χ4n) is 7.48. The number of halogens is 1. The highest BCUT2D eigenvalue weighted by atomic mass is 32.2. The maximum Gasteiger partial charge on any atom is 0.298 e. The van der Waals surface area contributed by atoms with Gasteiger partial charge in [-0.1, -0.05) is 49.3 Å². The summed E-state index contributed by atoms with van der Waals surface area (Å²) in [5.41, 5.74) is 0.0136. The third kappa shape index (κ3) is 6.89. The minimum atomic E-state index is -3.97. The zero-order chi connectivity index (χ0) is 36.8. The van der Waals surface area contributed by atoms with Crippen LogP contribution in [0.3, 0.4) is 0 Å². The Hall–Kier alpha value is -4.46. The van der Waals surface area contributed by atoms with Crippen molar-refractivity contribution in [2.45, 2.75) is 113 Å². The van der Waals surface area contributed by atoms with Crippen LogP contribution in [-0.2, 0) is 24.4 Å². The lowest BCUT2D eigenvalue weighted by Crippen LogP contribution is -2.58. The molecule has 1 aromatic heterocycles. The third-order valence-electron chi connectivity index (χ3n) is 11.0. The van der Waals surface area contributed by atoms with E-state index in [0.717, 1.165) is 31.4 Å². The van der Waals surface area contributed by atoms with E-state index < -0.39 is 62.0 Å². The molecule has 3 fully saturated rings. The van der Waals surface area contributed by atoms with Crippen molar-refractivity contribution in [3.8, 4) is 6.01 Å². The van der Waals surface area contributed by atoms with E-state index in [0.29, 0.717) is 30.3 Å². The fraction of sp³-hybridized carbons (Fsp3) is 0.526. The topological polar surface area (TPSA) is 152 Å². The summed E-state index contributed by atoms with van der Waals surface area (Å²) in [7, 11) is -3.97. The van der Waals surface area contributed by atoms with Gasteiger partial charge in [0, 0.05) is 24.1 Å². The van der Waals surface area contributed by atoms with Crippen LogP contribution < -0.4 is 20.1 Å². The van der Waals surface area contributed by atoms with Gasteiger partial charge in [-0.3, -0.25) is 23.7 Å². The number of hydrogen-bond acceptors (Lipinski definition) is 8. The van der Waals surface area contributed by atoms with Crippen molar-refractivity contribution in [3.05, 3.63) is 66.5 Å². The summed E-state index contributed by atoms with van der Waals surface area (Å²) in [5.74, 6) is -2.48. The van der Waals surface area contributed by atoms with Gasteiger partial charge in [0.05, 0.1) is 16.8 Å². The van der Waals surface area contributed by atoms with Crippen LogP contribution in [0.15, 0.2) is 60.7 Å². The van der Waals surface area contributed by atoms with E-state index in [1.165, 1.54) is 11.0 Å². The number of imidazole rings is 1. The Kier molecular flexibility index (Phi) is 9.55. The van der Waals surface area contributed by atoms with Gasteiger partial charge in [0.2, 0.25) is 21.8 Å². The first-order chi connectivity index (χ1) is 24.8. The molecule has 0 unspecified atom stereocenters. The van der Waals surface area contributed by atoms with Crippen molar-refractivity contribution in [2.24, 2.45) is 5.92 Å². The monoisotopic (exact) mass is 734 g/mol. The summed E-state index contributed by atoms with van der Waals surface area (Å²) in [6, 6.07) is 12.4. The van der Waals surface area contributed by atoms with E-state index in [2.05, 4.69) is 20.3 Å². The zero-order valence-corrected chi connectivity index (χ0v) is 30.6. The van der Waals surface area contributed by atoms with Gasteiger partial charge in [0.25, 0.3) is 11.9 Å². The van der Waals surface area contributed by atoms with Crippen molar-refractivity contribution < 1.29 is 31.9 Å². The quantitative estimate of drug-likeness (QED) is 0.274. The Morgan fingerprint density at radius 3 is 2.58 bits per heavy atom. The lowest BCUT2D eigenvalue weighted by Gasteiger charge is -2.30. The van der Waals surface area contributed by atoms with Crippen LogP contribution in [0.1, 0.15) is 84.6 Å². The summed E-state index contributed by atoms with van der Waals surface area (Å²) in [4.78, 5) is 48.9. The second-order valence-corrected chi connectivity index (χ2v) is 17.4. The number of anilines is 1. The smallest absolute Gasteiger partial charge is 0.298 e. The number of allylic oxidation sites excluding steroid dienone is 1. The molecule has 0 bridgehead atoms. The number of para-hydroxylation sites is 2. The molecule has 1 saturated heterocycles. The van der Waals surface area contributed by atoms with E-state index in [-0.39, 0.29) is 37.3 Å². The van der Waals surface area contributed by atoms with Crippen molar-refractivity contribution in [1.82, 2.24) is 24.5 Å². The zero-order valence-electron chi connectivity index (χ0n) is 29.8. The molecule has 0 radical (unpaired) electrons. The number of nitrogens with zero attached hydrogens (tertiary/aromatic N) is 3. The molecule has 3 N–H and O–H groups in total. The van der Waals surface area contributed by atoms with Crippen molar-refractivity contribution in [1.29, 1.82) is 0 Å². The highest BCUT2D eigenvalue weighted by Gasteiger charge is 2.63. The number of sulfonamides is 1. The Bertz CT molecular complexity index is 2000. The maximum absolute atomic E-state index is 15.0. The van der Waals surface area contributed by atoms with Crippen LogP contribution in [0.25, 0.3) is 11.0 Å². The minimum absolute atomic E-state index is 0.0446. The maximum atomic E-state index is 15.0. The normalized spacial score (nSPS) is 28.2. The van der Waals surface area contributed by atoms with Crippen molar-refractivity contribution >= 4 is 44.5 Å². The third-order valence-corrected chi connectivity index (χ3v) is 13.2. The van der Waals surface area contributed by atoms with E-state index in [9.17, 15) is 22.8 Å². The molecule has 2 saturated carbocycles. The van der Waals surface area contributed by atoms with E-state index in [1.807, 2.05) is 56.3 Å². The minimum Gasteiger partial charge on any atom is -0.459 e. The average Bonchev–Trinajstić information content (AvgIpc) is 3.92. The van der Waals surface area contributed by atoms with Gasteiger partial charge in [-0.25, -0.2) is 12.8 Å². The largest absolute Gasteiger partial charge is 0.459 e. The predicted molar refractivity (Wildman–Crippen MR) is 194 cm³/mol. The molecular weight excluding hydrogens is 688 g/mol. The number of carbonyl (C=O) groups is 3. The number of benzene rings is 2. The Labute approximate surface area is 303 Å². The first kappa shape index (κ1) is 35.9. The number of carbonyl (C=O) groups excluding carboxylic acids is 3. The molecule has 4 aliphatic rings.